The van der Waals surface area contributed by atoms with E-state index in [0.717, 1.165) is 6.54 Å². The topological polar surface area (TPSA) is 12.0 Å². The highest BCUT2D eigenvalue weighted by atomic mass is 14.9. The third-order valence-electron chi connectivity index (χ3n) is 2.08. The summed E-state index contributed by atoms with van der Waals surface area (Å²) in [6, 6.07) is 0.583. The van der Waals surface area contributed by atoms with Gasteiger partial charge >= 0.3 is 0 Å². The Balaban J connectivity index is 2.72. The number of rotatable bonds is 0. The summed E-state index contributed by atoms with van der Waals surface area (Å²) < 4.78 is 0. The third kappa shape index (κ3) is 1.40. The molecule has 1 N–H and O–H groups in total. The third-order valence-corrected chi connectivity index (χ3v) is 2.08. The molecule has 0 spiro atoms. The average Bonchev–Trinajstić information content (AvgIpc) is 2.11. The summed E-state index contributed by atoms with van der Waals surface area (Å²) in [7, 11) is 0. The van der Waals surface area contributed by atoms with Gasteiger partial charge in [0.25, 0.3) is 0 Å². The zero-order valence-corrected chi connectivity index (χ0v) is 7.36. The summed E-state index contributed by atoms with van der Waals surface area (Å²) in [5, 5.41) is 3.38. The normalized spacial score (nSPS) is 26.8. The van der Waals surface area contributed by atoms with Crippen LogP contribution in [-0.2, 0) is 0 Å². The van der Waals surface area contributed by atoms with Crippen LogP contribution in [0.15, 0.2) is 11.6 Å². The first-order valence-corrected chi connectivity index (χ1v) is 3.96. The maximum absolute atomic E-state index is 3.38. The van der Waals surface area contributed by atoms with E-state index in [-0.39, 0.29) is 0 Å². The predicted molar refractivity (Wildman–Crippen MR) is 45.0 cm³/mol. The quantitative estimate of drug-likeness (QED) is 0.506. The van der Waals surface area contributed by atoms with E-state index in [2.05, 4.69) is 39.1 Å². The van der Waals surface area contributed by atoms with Gasteiger partial charge in [-0.15, -0.1) is 0 Å². The molecule has 0 bridgehead atoms. The van der Waals surface area contributed by atoms with Crippen molar-refractivity contribution >= 4 is 0 Å². The Kier molecular flexibility index (Phi) is 1.86. The van der Waals surface area contributed by atoms with Crippen LogP contribution in [0.2, 0.25) is 0 Å². The molecule has 0 aliphatic carbocycles. The van der Waals surface area contributed by atoms with E-state index in [0.29, 0.717) is 11.5 Å². The molecule has 0 aromatic carbocycles. The van der Waals surface area contributed by atoms with E-state index in [1.807, 2.05) is 0 Å². The van der Waals surface area contributed by atoms with Crippen LogP contribution in [0.5, 0.6) is 0 Å². The minimum Gasteiger partial charge on any atom is -0.307 e. The molecule has 58 valence electrons. The van der Waals surface area contributed by atoms with E-state index >= 15 is 0 Å². The second-order valence-corrected chi connectivity index (χ2v) is 4.04. The van der Waals surface area contributed by atoms with Crippen molar-refractivity contribution in [1.82, 2.24) is 5.32 Å². The highest BCUT2D eigenvalue weighted by Crippen LogP contribution is 2.29. The Morgan fingerprint density at radius 1 is 1.50 bits per heavy atom. The molecule has 0 aromatic heterocycles. The van der Waals surface area contributed by atoms with Crippen molar-refractivity contribution in [3.63, 3.8) is 0 Å². The first-order chi connectivity index (χ1) is 4.52. The second kappa shape index (κ2) is 2.39. The summed E-state index contributed by atoms with van der Waals surface area (Å²) in [6.07, 6.45) is 2.31. The Bertz CT molecular complexity index is 151. The molecule has 0 fully saturated rings. The molecule has 0 amide bonds. The minimum atomic E-state index is 0.350. The second-order valence-electron chi connectivity index (χ2n) is 4.04. The molecule has 0 saturated carbocycles. The molecule has 1 aliphatic heterocycles. The van der Waals surface area contributed by atoms with E-state index in [4.69, 9.17) is 0 Å². The number of hydrogen-bond acceptors (Lipinski definition) is 1. The number of hydrogen-bond donors (Lipinski definition) is 1. The zero-order valence-electron chi connectivity index (χ0n) is 7.36. The van der Waals surface area contributed by atoms with Crippen LogP contribution in [0.3, 0.4) is 0 Å². The molecule has 0 unspecified atom stereocenters. The van der Waals surface area contributed by atoms with Gasteiger partial charge in [-0.3, -0.25) is 0 Å². The van der Waals surface area contributed by atoms with E-state index in [9.17, 15) is 0 Å². The van der Waals surface area contributed by atoms with Crippen LogP contribution >= 0.6 is 0 Å². The summed E-state index contributed by atoms with van der Waals surface area (Å²) in [5.41, 5.74) is 1.90. The van der Waals surface area contributed by atoms with Crippen LogP contribution in [0, 0.1) is 5.41 Å². The molecule has 1 heteroatoms. The van der Waals surface area contributed by atoms with Gasteiger partial charge in [0.15, 0.2) is 0 Å². The maximum Gasteiger partial charge on any atom is 0.0259 e. The summed E-state index contributed by atoms with van der Waals surface area (Å²) in [4.78, 5) is 0. The fourth-order valence-corrected chi connectivity index (χ4v) is 1.59. The lowest BCUT2D eigenvalue weighted by Gasteiger charge is -2.24. The highest BCUT2D eigenvalue weighted by Gasteiger charge is 2.24. The van der Waals surface area contributed by atoms with Gasteiger partial charge in [-0.25, -0.2) is 0 Å². The van der Waals surface area contributed by atoms with Gasteiger partial charge in [0.05, 0.1) is 0 Å². The first kappa shape index (κ1) is 7.80. The monoisotopic (exact) mass is 139 g/mol. The van der Waals surface area contributed by atoms with Crippen molar-refractivity contribution in [2.75, 3.05) is 6.54 Å². The first-order valence-electron chi connectivity index (χ1n) is 3.96. The van der Waals surface area contributed by atoms with Crippen LogP contribution < -0.4 is 5.32 Å². The van der Waals surface area contributed by atoms with Crippen molar-refractivity contribution in [2.45, 2.75) is 33.7 Å². The van der Waals surface area contributed by atoms with E-state index in [1.165, 1.54) is 0 Å². The predicted octanol–water partition coefficient (Wildman–Crippen LogP) is 1.95. The van der Waals surface area contributed by atoms with E-state index < -0.39 is 0 Å². The van der Waals surface area contributed by atoms with Gasteiger partial charge in [-0.1, -0.05) is 32.4 Å². The Labute approximate surface area is 63.5 Å². The zero-order chi connectivity index (χ0) is 7.78. The summed E-state index contributed by atoms with van der Waals surface area (Å²) >= 11 is 0. The molecule has 0 radical (unpaired) electrons. The molecule has 1 aliphatic rings. The fourth-order valence-electron chi connectivity index (χ4n) is 1.59. The Hall–Kier alpha value is -0.300. The van der Waals surface area contributed by atoms with Crippen LogP contribution in [0.4, 0.5) is 0 Å². The molecule has 1 rings (SSSR count). The SMILES string of the molecule is C[C@H]1NCC=C1C(C)(C)C. The van der Waals surface area contributed by atoms with Gasteiger partial charge in [0, 0.05) is 12.6 Å². The van der Waals surface area contributed by atoms with Crippen molar-refractivity contribution < 1.29 is 0 Å². The van der Waals surface area contributed by atoms with Crippen molar-refractivity contribution in [3.05, 3.63) is 11.6 Å². The molecule has 0 aromatic rings. The van der Waals surface area contributed by atoms with Gasteiger partial charge in [-0.2, -0.15) is 0 Å². The smallest absolute Gasteiger partial charge is 0.0259 e. The molecular formula is C9H17N. The summed E-state index contributed by atoms with van der Waals surface area (Å²) in [6.45, 7) is 10.1. The van der Waals surface area contributed by atoms with E-state index in [1.54, 1.807) is 5.57 Å². The Morgan fingerprint density at radius 2 is 2.10 bits per heavy atom. The van der Waals surface area contributed by atoms with Crippen molar-refractivity contribution in [2.24, 2.45) is 5.41 Å². The highest BCUT2D eigenvalue weighted by molar-refractivity contribution is 5.22. The van der Waals surface area contributed by atoms with Gasteiger partial charge < -0.3 is 5.32 Å². The molecule has 1 nitrogen and oxygen atoms in total. The molecule has 10 heavy (non-hydrogen) atoms. The Morgan fingerprint density at radius 3 is 2.30 bits per heavy atom. The lowest BCUT2D eigenvalue weighted by molar-refractivity contribution is 0.463. The van der Waals surface area contributed by atoms with Crippen molar-refractivity contribution in [3.8, 4) is 0 Å². The summed E-state index contributed by atoms with van der Waals surface area (Å²) in [5.74, 6) is 0. The lowest BCUT2D eigenvalue weighted by Crippen LogP contribution is -2.26. The standard InChI is InChI=1S/C9H17N/c1-7-8(5-6-10-7)9(2,3)4/h5,7,10H,6H2,1-4H3/t7-/m1/s1. The van der Waals surface area contributed by atoms with Crippen LogP contribution in [0.25, 0.3) is 0 Å². The van der Waals surface area contributed by atoms with Crippen molar-refractivity contribution in [1.29, 1.82) is 0 Å². The average molecular weight is 139 g/mol. The molecule has 0 saturated heterocycles. The van der Waals surface area contributed by atoms with Gasteiger partial charge in [-0.05, 0) is 12.3 Å². The van der Waals surface area contributed by atoms with Crippen LogP contribution in [-0.4, -0.2) is 12.6 Å². The van der Waals surface area contributed by atoms with Gasteiger partial charge in [0.1, 0.15) is 0 Å². The lowest BCUT2D eigenvalue weighted by atomic mass is 9.84. The largest absolute Gasteiger partial charge is 0.307 e. The fraction of sp³-hybridized carbons (Fsp3) is 0.778. The number of nitrogens with one attached hydrogen (secondary N) is 1. The minimum absolute atomic E-state index is 0.350. The molecule has 1 atom stereocenters. The molecule has 1 heterocycles. The maximum atomic E-state index is 3.38. The molecular weight excluding hydrogens is 122 g/mol. The van der Waals surface area contributed by atoms with Crippen LogP contribution in [0.1, 0.15) is 27.7 Å². The van der Waals surface area contributed by atoms with Gasteiger partial charge in [0.2, 0.25) is 0 Å².